The third-order valence-electron chi connectivity index (χ3n) is 11.6. The molecule has 6 nitrogen and oxygen atoms in total. The zero-order valence-electron chi connectivity index (χ0n) is 30.6. The van der Waals surface area contributed by atoms with Crippen molar-refractivity contribution in [2.45, 2.75) is 58.1 Å². The smallest absolute Gasteiger partial charge is 0.209 e. The first-order chi connectivity index (χ1) is 26.3. The van der Waals surface area contributed by atoms with Crippen LogP contribution < -0.4 is 9.80 Å². The van der Waals surface area contributed by atoms with Crippen LogP contribution in [0.25, 0.3) is 10.4 Å². The summed E-state index contributed by atoms with van der Waals surface area (Å²) in [6.07, 6.45) is 0. The summed E-state index contributed by atoms with van der Waals surface area (Å²) in [4.78, 5) is 4.71. The first kappa shape index (κ1) is 34.0. The Bertz CT molecular complexity index is 2770. The van der Waals surface area contributed by atoms with E-state index in [4.69, 9.17) is 0 Å². The largest absolute Gasteiger partial charge is 0.307 e. The number of rotatable bonds is 3. The van der Waals surface area contributed by atoms with Gasteiger partial charge in [-0.25, -0.2) is 16.8 Å². The van der Waals surface area contributed by atoms with Gasteiger partial charge in [-0.15, -0.1) is 11.3 Å². The van der Waals surface area contributed by atoms with Crippen molar-refractivity contribution in [2.75, 3.05) is 9.80 Å². The van der Waals surface area contributed by atoms with Crippen LogP contribution in [0.5, 0.6) is 0 Å². The third kappa shape index (κ3) is 4.63. The number of para-hydroxylation sites is 4. The molecule has 0 fully saturated rings. The van der Waals surface area contributed by atoms with Crippen LogP contribution in [0.1, 0.15) is 49.9 Å². The highest BCUT2D eigenvalue weighted by Gasteiger charge is 2.43. The van der Waals surface area contributed by atoms with Crippen LogP contribution in [0.4, 0.5) is 33.4 Å². The van der Waals surface area contributed by atoms with E-state index < -0.39 is 19.7 Å². The number of sulfone groups is 2. The van der Waals surface area contributed by atoms with Gasteiger partial charge in [-0.3, -0.25) is 4.90 Å². The van der Waals surface area contributed by atoms with Gasteiger partial charge in [0, 0.05) is 15.7 Å². The first-order valence-corrected chi connectivity index (χ1v) is 22.0. The van der Waals surface area contributed by atoms with Crippen LogP contribution in [0.3, 0.4) is 0 Å². The Morgan fingerprint density at radius 2 is 0.800 bits per heavy atom. The van der Waals surface area contributed by atoms with Crippen LogP contribution in [-0.4, -0.2) is 16.8 Å². The van der Waals surface area contributed by atoms with E-state index in [1.807, 2.05) is 0 Å². The van der Waals surface area contributed by atoms with Gasteiger partial charge >= 0.3 is 0 Å². The van der Waals surface area contributed by atoms with Crippen molar-refractivity contribution in [1.29, 1.82) is 0 Å². The highest BCUT2D eigenvalue weighted by Crippen LogP contribution is 2.60. The van der Waals surface area contributed by atoms with E-state index >= 15 is 0 Å². The number of fused-ring (bicyclic) bond motifs is 6. The molecule has 7 aromatic rings. The van der Waals surface area contributed by atoms with Gasteiger partial charge in [-0.1, -0.05) is 119 Å². The molecular formula is C46H36N2O4S3. The molecule has 1 aromatic heterocycles. The van der Waals surface area contributed by atoms with Gasteiger partial charge in [-0.05, 0) is 82.4 Å². The summed E-state index contributed by atoms with van der Waals surface area (Å²) in [5.74, 6) is 0. The standard InChI is InChI=1S/C46H36N2O4S3/c1-45(2)30-15-5-9-19-34(30)47(35-20-10-6-16-31(35)45)38-28-39(29-25-26-42-43(27-29)55(51,52)41-24-14-13-23-40(41)54(42,49)50)53-44(38)48-36-21-11-7-17-32(36)46(3,4)33-18-8-12-22-37(33)48/h5-28H,1-4H3. The maximum Gasteiger partial charge on any atom is 0.209 e. The number of anilines is 6. The highest BCUT2D eigenvalue weighted by molar-refractivity contribution is 7.97. The second-order valence-electron chi connectivity index (χ2n) is 15.4. The molecule has 0 radical (unpaired) electrons. The Balaban J connectivity index is 1.27. The molecule has 272 valence electrons. The molecule has 0 N–H and O–H groups in total. The lowest BCUT2D eigenvalue weighted by Crippen LogP contribution is -2.32. The van der Waals surface area contributed by atoms with E-state index in [2.05, 4.69) is 141 Å². The van der Waals surface area contributed by atoms with E-state index in [9.17, 15) is 16.8 Å². The van der Waals surface area contributed by atoms with Gasteiger partial charge < -0.3 is 4.90 Å². The average molecular weight is 777 g/mol. The monoisotopic (exact) mass is 776 g/mol. The van der Waals surface area contributed by atoms with E-state index in [-0.39, 0.29) is 30.4 Å². The number of hydrogen-bond donors (Lipinski definition) is 0. The first-order valence-electron chi connectivity index (χ1n) is 18.2. The topological polar surface area (TPSA) is 74.8 Å². The predicted octanol–water partition coefficient (Wildman–Crippen LogP) is 11.6. The van der Waals surface area contributed by atoms with Crippen molar-refractivity contribution in [3.8, 4) is 10.4 Å². The number of benzene rings is 6. The Morgan fingerprint density at radius 1 is 0.418 bits per heavy atom. The second-order valence-corrected chi connectivity index (χ2v) is 20.2. The summed E-state index contributed by atoms with van der Waals surface area (Å²) in [6, 6.07) is 46.9. The molecule has 0 unspecified atom stereocenters. The van der Waals surface area contributed by atoms with Crippen molar-refractivity contribution in [1.82, 2.24) is 0 Å². The molecule has 10 rings (SSSR count). The van der Waals surface area contributed by atoms with Crippen LogP contribution in [0.15, 0.2) is 165 Å². The van der Waals surface area contributed by atoms with E-state index in [0.29, 0.717) is 5.56 Å². The fraction of sp³-hybridized carbons (Fsp3) is 0.130. The fourth-order valence-electron chi connectivity index (χ4n) is 8.88. The van der Waals surface area contributed by atoms with Gasteiger partial charge in [0.25, 0.3) is 0 Å². The summed E-state index contributed by atoms with van der Waals surface area (Å²) < 4.78 is 55.9. The summed E-state index contributed by atoms with van der Waals surface area (Å²) in [5.41, 5.74) is 10.0. The van der Waals surface area contributed by atoms with Gasteiger partial charge in [0.15, 0.2) is 0 Å². The molecule has 0 bridgehead atoms. The van der Waals surface area contributed by atoms with Crippen LogP contribution in [0.2, 0.25) is 0 Å². The van der Waals surface area contributed by atoms with Gasteiger partial charge in [0.05, 0.1) is 48.0 Å². The summed E-state index contributed by atoms with van der Waals surface area (Å²) in [7, 11) is -8.19. The van der Waals surface area contributed by atoms with Crippen LogP contribution >= 0.6 is 11.3 Å². The lowest BCUT2D eigenvalue weighted by atomic mass is 9.73. The average Bonchev–Trinajstić information content (AvgIpc) is 3.62. The molecule has 9 heteroatoms. The van der Waals surface area contributed by atoms with E-state index in [1.165, 1.54) is 40.5 Å². The molecule has 0 saturated heterocycles. The second kappa shape index (κ2) is 11.5. The maximum absolute atomic E-state index is 14.1. The van der Waals surface area contributed by atoms with Crippen LogP contribution in [-0.2, 0) is 30.5 Å². The van der Waals surface area contributed by atoms with Crippen LogP contribution in [0, 0.1) is 0 Å². The quantitative estimate of drug-likeness (QED) is 0.178. The lowest BCUT2D eigenvalue weighted by Gasteiger charge is -2.44. The molecule has 3 aliphatic heterocycles. The molecule has 0 amide bonds. The number of hydrogen-bond acceptors (Lipinski definition) is 7. The van der Waals surface area contributed by atoms with Gasteiger partial charge in [0.2, 0.25) is 19.7 Å². The van der Waals surface area contributed by atoms with Crippen molar-refractivity contribution in [3.63, 3.8) is 0 Å². The van der Waals surface area contributed by atoms with E-state index in [1.54, 1.807) is 35.6 Å². The fourth-order valence-corrected chi connectivity index (χ4v) is 14.2. The highest BCUT2D eigenvalue weighted by atomic mass is 32.2. The van der Waals surface area contributed by atoms with Crippen molar-refractivity contribution in [3.05, 3.63) is 168 Å². The molecular weight excluding hydrogens is 741 g/mol. The minimum absolute atomic E-state index is 0.188. The summed E-state index contributed by atoms with van der Waals surface area (Å²) in [6.45, 7) is 9.06. The molecule has 0 spiro atoms. The third-order valence-corrected chi connectivity index (χ3v) is 16.8. The molecule has 3 aliphatic rings. The minimum Gasteiger partial charge on any atom is -0.307 e. The Hall–Kier alpha value is -5.48. The Morgan fingerprint density at radius 3 is 1.27 bits per heavy atom. The maximum atomic E-state index is 14.1. The molecule has 6 aromatic carbocycles. The predicted molar refractivity (Wildman–Crippen MR) is 221 cm³/mol. The van der Waals surface area contributed by atoms with Gasteiger partial charge in [-0.2, -0.15) is 0 Å². The summed E-state index contributed by atoms with van der Waals surface area (Å²) >= 11 is 1.57. The number of nitrogens with zero attached hydrogens (tertiary/aromatic N) is 2. The van der Waals surface area contributed by atoms with E-state index in [0.717, 1.165) is 38.3 Å². The lowest BCUT2D eigenvalue weighted by molar-refractivity contribution is 0.570. The Labute approximate surface area is 325 Å². The van der Waals surface area contributed by atoms with Crippen molar-refractivity contribution in [2.24, 2.45) is 0 Å². The number of thiophene rings is 1. The normalized spacial score (nSPS) is 17.5. The SMILES string of the molecule is CC1(C)c2ccccc2N(c2cc(-c3ccc4c(c3)S(=O)(=O)c3ccccc3S4(=O)=O)sc2N2c3ccccc3C(C)(C)c3ccccc32)c2ccccc21. The molecule has 55 heavy (non-hydrogen) atoms. The molecule has 0 saturated carbocycles. The minimum atomic E-state index is -4.13. The zero-order valence-corrected chi connectivity index (χ0v) is 33.1. The molecule has 4 heterocycles. The molecule has 0 aliphatic carbocycles. The van der Waals surface area contributed by atoms with Gasteiger partial charge in [0.1, 0.15) is 5.00 Å². The van der Waals surface area contributed by atoms with Crippen molar-refractivity contribution < 1.29 is 16.8 Å². The zero-order chi connectivity index (χ0) is 38.1. The Kier molecular flexibility index (Phi) is 7.13. The van der Waals surface area contributed by atoms with Crippen molar-refractivity contribution >= 4 is 64.4 Å². The molecule has 0 atom stereocenters. The summed E-state index contributed by atoms with van der Waals surface area (Å²) in [5, 5.41) is 0.952.